The summed E-state index contributed by atoms with van der Waals surface area (Å²) in [4.78, 5) is 13.4. The number of nitrogens with one attached hydrogen (secondary N) is 1. The minimum absolute atomic E-state index is 0.0488. The fraction of sp³-hybridized carbons (Fsp3) is 0.240. The fourth-order valence-corrected chi connectivity index (χ4v) is 5.39. The summed E-state index contributed by atoms with van der Waals surface area (Å²) in [5.41, 5.74) is 4.15. The second kappa shape index (κ2) is 6.76. The van der Waals surface area contributed by atoms with E-state index in [1.807, 2.05) is 18.2 Å². The van der Waals surface area contributed by atoms with E-state index in [0.717, 1.165) is 34.0 Å². The van der Waals surface area contributed by atoms with Gasteiger partial charge in [-0.2, -0.15) is 0 Å². The molecule has 0 fully saturated rings. The van der Waals surface area contributed by atoms with Gasteiger partial charge in [-0.05, 0) is 46.4 Å². The van der Waals surface area contributed by atoms with Crippen molar-refractivity contribution < 1.29 is 9.90 Å². The smallest absolute Gasteiger partial charge is 0.162 e. The molecule has 30 heavy (non-hydrogen) atoms. The van der Waals surface area contributed by atoms with Gasteiger partial charge in [0.2, 0.25) is 0 Å². The SMILES string of the molecule is CC1(C)CC(=O)C2=C(C1)c1c(ccc3ccccc13)NC2c1cc(Cl)cc(Cl)c1O. The monoisotopic (exact) mass is 437 g/mol. The molecular formula is C25H21Cl2NO2. The summed E-state index contributed by atoms with van der Waals surface area (Å²) < 4.78 is 0. The molecule has 5 rings (SSSR count). The third-order valence-electron chi connectivity index (χ3n) is 6.11. The zero-order valence-corrected chi connectivity index (χ0v) is 18.2. The largest absolute Gasteiger partial charge is 0.506 e. The summed E-state index contributed by atoms with van der Waals surface area (Å²) >= 11 is 12.5. The van der Waals surface area contributed by atoms with Crippen LogP contribution in [0.4, 0.5) is 5.69 Å². The molecule has 5 heteroatoms. The zero-order valence-electron chi connectivity index (χ0n) is 16.7. The van der Waals surface area contributed by atoms with Crippen molar-refractivity contribution in [1.29, 1.82) is 0 Å². The predicted octanol–water partition coefficient (Wildman–Crippen LogP) is 7.16. The van der Waals surface area contributed by atoms with Crippen molar-refractivity contribution in [2.75, 3.05) is 5.32 Å². The number of phenols is 1. The van der Waals surface area contributed by atoms with Gasteiger partial charge >= 0.3 is 0 Å². The summed E-state index contributed by atoms with van der Waals surface area (Å²) in [6, 6.07) is 15.0. The number of carbonyl (C=O) groups excluding carboxylic acids is 1. The molecule has 1 unspecified atom stereocenters. The van der Waals surface area contributed by atoms with Crippen LogP contribution in [-0.4, -0.2) is 10.9 Å². The fourth-order valence-electron chi connectivity index (χ4n) is 4.88. The lowest BCUT2D eigenvalue weighted by Crippen LogP contribution is -2.33. The molecule has 2 N–H and O–H groups in total. The number of hydrogen-bond acceptors (Lipinski definition) is 3. The van der Waals surface area contributed by atoms with Gasteiger partial charge in [-0.3, -0.25) is 4.79 Å². The molecule has 3 aromatic carbocycles. The minimum atomic E-state index is -0.506. The molecule has 1 atom stereocenters. The summed E-state index contributed by atoms with van der Waals surface area (Å²) in [6.45, 7) is 4.26. The molecule has 152 valence electrons. The van der Waals surface area contributed by atoms with Crippen molar-refractivity contribution in [3.63, 3.8) is 0 Å². The van der Waals surface area contributed by atoms with E-state index in [2.05, 4.69) is 37.4 Å². The molecule has 0 amide bonds. The van der Waals surface area contributed by atoms with Crippen LogP contribution in [0.15, 0.2) is 54.1 Å². The molecule has 1 heterocycles. The van der Waals surface area contributed by atoms with Crippen LogP contribution in [0.3, 0.4) is 0 Å². The third-order valence-corrected chi connectivity index (χ3v) is 6.61. The Morgan fingerprint density at radius 1 is 1.07 bits per heavy atom. The number of Topliss-reactive ketones (excluding diaryl/α,β-unsaturated/α-hetero) is 1. The van der Waals surface area contributed by atoms with Crippen LogP contribution in [0.2, 0.25) is 10.0 Å². The maximum atomic E-state index is 13.4. The standard InChI is InChI=1S/C25H21Cl2NO2/c1-25(2)11-17-21-15-6-4-3-5-13(15)7-8-19(21)28-23(22(17)20(29)12-25)16-9-14(26)10-18(27)24(16)30/h3-10,23,28,30H,11-12H2,1-2H3. The minimum Gasteiger partial charge on any atom is -0.506 e. The number of aromatic hydroxyl groups is 1. The van der Waals surface area contributed by atoms with Crippen LogP contribution in [0.1, 0.15) is 43.9 Å². The van der Waals surface area contributed by atoms with E-state index >= 15 is 0 Å². The first kappa shape index (κ1) is 19.5. The number of anilines is 1. The molecule has 1 aliphatic carbocycles. The molecule has 0 spiro atoms. The van der Waals surface area contributed by atoms with E-state index in [1.54, 1.807) is 6.07 Å². The number of hydrogen-bond donors (Lipinski definition) is 2. The number of allylic oxidation sites excluding steroid dienone is 1. The van der Waals surface area contributed by atoms with Crippen molar-refractivity contribution >= 4 is 51.0 Å². The quantitative estimate of drug-likeness (QED) is 0.424. The van der Waals surface area contributed by atoms with Crippen molar-refractivity contribution in [3.05, 3.63) is 75.3 Å². The Balaban J connectivity index is 1.83. The van der Waals surface area contributed by atoms with Gasteiger partial charge in [0.25, 0.3) is 0 Å². The number of phenolic OH excluding ortho intramolecular Hbond substituents is 1. The van der Waals surface area contributed by atoms with Gasteiger partial charge in [0.05, 0.1) is 11.1 Å². The lowest BCUT2D eigenvalue weighted by Gasteiger charge is -2.40. The van der Waals surface area contributed by atoms with Crippen LogP contribution >= 0.6 is 23.2 Å². The summed E-state index contributed by atoms with van der Waals surface area (Å²) in [7, 11) is 0. The van der Waals surface area contributed by atoms with E-state index in [-0.39, 0.29) is 22.0 Å². The van der Waals surface area contributed by atoms with Crippen molar-refractivity contribution in [2.45, 2.75) is 32.7 Å². The zero-order chi connectivity index (χ0) is 21.2. The van der Waals surface area contributed by atoms with Gasteiger partial charge < -0.3 is 10.4 Å². The molecule has 0 radical (unpaired) electrons. The van der Waals surface area contributed by atoms with E-state index in [4.69, 9.17) is 23.2 Å². The molecular weight excluding hydrogens is 417 g/mol. The first-order valence-corrected chi connectivity index (χ1v) is 10.7. The summed E-state index contributed by atoms with van der Waals surface area (Å²) in [6.07, 6.45) is 1.24. The average Bonchev–Trinajstić information content (AvgIpc) is 2.68. The lowest BCUT2D eigenvalue weighted by molar-refractivity contribution is -0.118. The van der Waals surface area contributed by atoms with Gasteiger partial charge in [0.15, 0.2) is 5.78 Å². The second-order valence-corrected chi connectivity index (χ2v) is 9.79. The second-order valence-electron chi connectivity index (χ2n) is 8.95. The molecule has 3 nitrogen and oxygen atoms in total. The number of carbonyl (C=O) groups is 1. The van der Waals surface area contributed by atoms with Gasteiger partial charge in [-0.15, -0.1) is 0 Å². The van der Waals surface area contributed by atoms with Crippen molar-refractivity contribution in [1.82, 2.24) is 0 Å². The maximum absolute atomic E-state index is 13.4. The highest BCUT2D eigenvalue weighted by Gasteiger charge is 2.41. The van der Waals surface area contributed by atoms with Crippen LogP contribution < -0.4 is 5.32 Å². The van der Waals surface area contributed by atoms with Crippen LogP contribution in [-0.2, 0) is 4.79 Å². The highest BCUT2D eigenvalue weighted by atomic mass is 35.5. The number of benzene rings is 3. The molecule has 2 aliphatic rings. The Labute approximate surface area is 185 Å². The third kappa shape index (κ3) is 3.00. The molecule has 0 saturated heterocycles. The average molecular weight is 438 g/mol. The molecule has 1 aliphatic heterocycles. The Morgan fingerprint density at radius 3 is 2.63 bits per heavy atom. The number of fused-ring (bicyclic) bond motifs is 4. The van der Waals surface area contributed by atoms with Gasteiger partial charge in [-0.25, -0.2) is 0 Å². The Kier molecular flexibility index (Phi) is 4.39. The first-order chi connectivity index (χ1) is 14.2. The lowest BCUT2D eigenvalue weighted by atomic mass is 9.68. The predicted molar refractivity (Wildman–Crippen MR) is 123 cm³/mol. The van der Waals surface area contributed by atoms with Gasteiger partial charge in [-0.1, -0.05) is 67.4 Å². The van der Waals surface area contributed by atoms with Crippen LogP contribution in [0.5, 0.6) is 5.75 Å². The number of ketones is 1. The highest BCUT2D eigenvalue weighted by molar-refractivity contribution is 6.35. The summed E-state index contributed by atoms with van der Waals surface area (Å²) in [5.74, 6) is 0.0418. The van der Waals surface area contributed by atoms with Crippen LogP contribution in [0, 0.1) is 5.41 Å². The molecule has 0 saturated carbocycles. The highest BCUT2D eigenvalue weighted by Crippen LogP contribution is 2.53. The molecule has 0 bridgehead atoms. The summed E-state index contributed by atoms with van der Waals surface area (Å²) in [5, 5.41) is 17.1. The van der Waals surface area contributed by atoms with Crippen molar-refractivity contribution in [3.8, 4) is 5.75 Å². The first-order valence-electron chi connectivity index (χ1n) is 9.98. The van der Waals surface area contributed by atoms with E-state index in [0.29, 0.717) is 22.6 Å². The van der Waals surface area contributed by atoms with Crippen LogP contribution in [0.25, 0.3) is 16.3 Å². The van der Waals surface area contributed by atoms with Gasteiger partial charge in [0.1, 0.15) is 5.75 Å². The maximum Gasteiger partial charge on any atom is 0.162 e. The topological polar surface area (TPSA) is 49.3 Å². The molecule has 0 aromatic heterocycles. The Bertz CT molecular complexity index is 1260. The van der Waals surface area contributed by atoms with E-state index < -0.39 is 6.04 Å². The number of rotatable bonds is 1. The normalized spacial score (nSPS) is 20.0. The van der Waals surface area contributed by atoms with E-state index in [1.165, 1.54) is 6.07 Å². The molecule has 3 aromatic rings. The van der Waals surface area contributed by atoms with E-state index in [9.17, 15) is 9.90 Å². The van der Waals surface area contributed by atoms with Crippen molar-refractivity contribution in [2.24, 2.45) is 5.41 Å². The van der Waals surface area contributed by atoms with Gasteiger partial charge in [0, 0.05) is 33.8 Å². The Hall–Kier alpha value is -2.49. The number of halogens is 2. The Morgan fingerprint density at radius 2 is 1.83 bits per heavy atom.